The molecule has 1 amide bonds. The van der Waals surface area contributed by atoms with Crippen LogP contribution in [0.2, 0.25) is 0 Å². The zero-order valence-corrected chi connectivity index (χ0v) is 10.1. The van der Waals surface area contributed by atoms with Crippen molar-refractivity contribution in [1.29, 1.82) is 0 Å². The molecule has 0 aromatic heterocycles. The maximum atomic E-state index is 11.6. The van der Waals surface area contributed by atoms with Crippen LogP contribution in [0.15, 0.2) is 24.3 Å². The van der Waals surface area contributed by atoms with Crippen LogP contribution in [0.4, 0.5) is 10.5 Å². The molecule has 1 saturated heterocycles. The first-order chi connectivity index (χ1) is 9.06. The van der Waals surface area contributed by atoms with Gasteiger partial charge in [-0.2, -0.15) is 0 Å². The second-order valence-corrected chi connectivity index (χ2v) is 4.19. The number of carbonyl (C=O) groups is 2. The standard InChI is InChI=1S/C12H12N2O5/c15-11-5-6-13(7-11)12(16)19-8-9-1-3-10(4-2-9)14(17)18/h1-4H,5-8H2. The summed E-state index contributed by atoms with van der Waals surface area (Å²) in [6.07, 6.45) is -0.170. The van der Waals surface area contributed by atoms with Crippen LogP contribution in [0.3, 0.4) is 0 Å². The molecule has 1 aliphatic heterocycles. The minimum absolute atomic E-state index is 0.0137. The van der Waals surface area contributed by atoms with Crippen molar-refractivity contribution in [2.45, 2.75) is 13.0 Å². The molecular formula is C12H12N2O5. The minimum atomic E-state index is -0.538. The Balaban J connectivity index is 1.86. The van der Waals surface area contributed by atoms with Gasteiger partial charge in [0.15, 0.2) is 5.78 Å². The first-order valence-electron chi connectivity index (χ1n) is 5.73. The fourth-order valence-corrected chi connectivity index (χ4v) is 1.74. The number of ketones is 1. The van der Waals surface area contributed by atoms with Crippen molar-refractivity contribution in [3.63, 3.8) is 0 Å². The molecule has 0 unspecified atom stereocenters. The number of hydrogen-bond acceptors (Lipinski definition) is 5. The molecule has 0 radical (unpaired) electrons. The number of amides is 1. The number of ether oxygens (including phenoxy) is 1. The SMILES string of the molecule is O=C1CCN(C(=O)OCc2ccc([N+](=O)[O-])cc2)C1. The quantitative estimate of drug-likeness (QED) is 0.609. The third-order valence-electron chi connectivity index (χ3n) is 2.80. The third kappa shape index (κ3) is 3.27. The molecule has 0 spiro atoms. The summed E-state index contributed by atoms with van der Waals surface area (Å²) < 4.78 is 5.03. The lowest BCUT2D eigenvalue weighted by Crippen LogP contribution is -2.29. The molecule has 1 fully saturated rings. The Morgan fingerprint density at radius 3 is 2.58 bits per heavy atom. The highest BCUT2D eigenvalue weighted by atomic mass is 16.6. The van der Waals surface area contributed by atoms with Gasteiger partial charge in [0.2, 0.25) is 0 Å². The van der Waals surface area contributed by atoms with E-state index < -0.39 is 11.0 Å². The van der Waals surface area contributed by atoms with Crippen molar-refractivity contribution < 1.29 is 19.2 Å². The Hall–Kier alpha value is -2.44. The molecular weight excluding hydrogens is 252 g/mol. The number of hydrogen-bond donors (Lipinski definition) is 0. The van der Waals surface area contributed by atoms with Crippen molar-refractivity contribution in [2.75, 3.05) is 13.1 Å². The van der Waals surface area contributed by atoms with Gasteiger partial charge < -0.3 is 9.64 Å². The summed E-state index contributed by atoms with van der Waals surface area (Å²) in [7, 11) is 0. The molecule has 0 aliphatic carbocycles. The van der Waals surface area contributed by atoms with Gasteiger partial charge in [-0.15, -0.1) is 0 Å². The second kappa shape index (κ2) is 5.47. The first-order valence-corrected chi connectivity index (χ1v) is 5.73. The topological polar surface area (TPSA) is 89.8 Å². The minimum Gasteiger partial charge on any atom is -0.445 e. The van der Waals surface area contributed by atoms with Gasteiger partial charge in [0.05, 0.1) is 11.5 Å². The highest BCUT2D eigenvalue weighted by Crippen LogP contribution is 2.13. The zero-order valence-electron chi connectivity index (χ0n) is 10.1. The molecule has 1 aromatic carbocycles. The van der Waals surface area contributed by atoms with E-state index in [1.54, 1.807) is 0 Å². The number of benzene rings is 1. The average Bonchev–Trinajstić information content (AvgIpc) is 2.83. The van der Waals surface area contributed by atoms with Crippen LogP contribution in [-0.4, -0.2) is 34.8 Å². The summed E-state index contributed by atoms with van der Waals surface area (Å²) in [5.41, 5.74) is 0.643. The van der Waals surface area contributed by atoms with Gasteiger partial charge in [-0.1, -0.05) is 0 Å². The van der Waals surface area contributed by atoms with Gasteiger partial charge in [0.25, 0.3) is 5.69 Å². The van der Waals surface area contributed by atoms with Gasteiger partial charge in [-0.3, -0.25) is 14.9 Å². The molecule has 100 valence electrons. The number of nitro groups is 1. The summed E-state index contributed by atoms with van der Waals surface area (Å²) in [5.74, 6) is 0.0206. The van der Waals surface area contributed by atoms with Crippen LogP contribution in [0, 0.1) is 10.1 Å². The zero-order chi connectivity index (χ0) is 13.8. The molecule has 0 bridgehead atoms. The van der Waals surface area contributed by atoms with E-state index in [-0.39, 0.29) is 24.6 Å². The lowest BCUT2D eigenvalue weighted by molar-refractivity contribution is -0.384. The molecule has 1 heterocycles. The van der Waals surface area contributed by atoms with Gasteiger partial charge in [-0.05, 0) is 17.7 Å². The molecule has 0 saturated carbocycles. The Morgan fingerprint density at radius 1 is 1.37 bits per heavy atom. The number of rotatable bonds is 3. The maximum absolute atomic E-state index is 11.6. The molecule has 19 heavy (non-hydrogen) atoms. The molecule has 0 N–H and O–H groups in total. The molecule has 1 aromatic rings. The Morgan fingerprint density at radius 2 is 2.05 bits per heavy atom. The highest BCUT2D eigenvalue weighted by Gasteiger charge is 2.24. The van der Waals surface area contributed by atoms with Crippen LogP contribution in [0.5, 0.6) is 0 Å². The van der Waals surface area contributed by atoms with Crippen LogP contribution >= 0.6 is 0 Å². The molecule has 1 aliphatic rings. The lowest BCUT2D eigenvalue weighted by Gasteiger charge is -2.14. The average molecular weight is 264 g/mol. The summed E-state index contributed by atoms with van der Waals surface area (Å²) in [4.78, 5) is 33.9. The Labute approximate surface area is 108 Å². The van der Waals surface area contributed by atoms with Gasteiger partial charge >= 0.3 is 6.09 Å². The van der Waals surface area contributed by atoms with E-state index in [0.717, 1.165) is 0 Å². The van der Waals surface area contributed by atoms with Crippen LogP contribution in [0.1, 0.15) is 12.0 Å². The summed E-state index contributed by atoms with van der Waals surface area (Å²) >= 11 is 0. The van der Waals surface area contributed by atoms with Crippen molar-refractivity contribution >= 4 is 17.6 Å². The number of carbonyl (C=O) groups excluding carboxylic acids is 2. The number of non-ortho nitro benzene ring substituents is 1. The van der Waals surface area contributed by atoms with E-state index in [1.165, 1.54) is 29.2 Å². The van der Waals surface area contributed by atoms with E-state index in [9.17, 15) is 19.7 Å². The number of Topliss-reactive ketones (excluding diaryl/α,β-unsaturated/α-hetero) is 1. The maximum Gasteiger partial charge on any atom is 0.410 e. The first kappa shape index (κ1) is 13.0. The molecule has 2 rings (SSSR count). The van der Waals surface area contributed by atoms with E-state index in [0.29, 0.717) is 18.5 Å². The van der Waals surface area contributed by atoms with Crippen LogP contribution in [0.25, 0.3) is 0 Å². The molecule has 0 atom stereocenters. The highest BCUT2D eigenvalue weighted by molar-refractivity contribution is 5.87. The van der Waals surface area contributed by atoms with Crippen molar-refractivity contribution in [3.05, 3.63) is 39.9 Å². The largest absolute Gasteiger partial charge is 0.445 e. The van der Waals surface area contributed by atoms with Crippen molar-refractivity contribution in [2.24, 2.45) is 0 Å². The predicted molar refractivity (Wildman–Crippen MR) is 64.5 cm³/mol. The Kier molecular flexibility index (Phi) is 3.74. The van der Waals surface area contributed by atoms with Gasteiger partial charge in [-0.25, -0.2) is 4.79 Å². The molecule has 7 nitrogen and oxygen atoms in total. The fraction of sp³-hybridized carbons (Fsp3) is 0.333. The van der Waals surface area contributed by atoms with E-state index in [4.69, 9.17) is 4.74 Å². The monoisotopic (exact) mass is 264 g/mol. The smallest absolute Gasteiger partial charge is 0.410 e. The van der Waals surface area contributed by atoms with E-state index in [2.05, 4.69) is 0 Å². The summed E-state index contributed by atoms with van der Waals surface area (Å²) in [6.45, 7) is 0.512. The predicted octanol–water partition coefficient (Wildman–Crippen LogP) is 1.51. The third-order valence-corrected chi connectivity index (χ3v) is 2.80. The number of likely N-dealkylation sites (tertiary alicyclic amines) is 1. The van der Waals surface area contributed by atoms with E-state index in [1.807, 2.05) is 0 Å². The lowest BCUT2D eigenvalue weighted by atomic mass is 10.2. The number of nitro benzene ring substituents is 1. The summed E-state index contributed by atoms with van der Waals surface area (Å²) in [6, 6.07) is 5.76. The van der Waals surface area contributed by atoms with Crippen LogP contribution < -0.4 is 0 Å². The van der Waals surface area contributed by atoms with Gasteiger partial charge in [0, 0.05) is 25.1 Å². The van der Waals surface area contributed by atoms with Crippen molar-refractivity contribution in [3.8, 4) is 0 Å². The summed E-state index contributed by atoms with van der Waals surface area (Å²) in [5, 5.41) is 10.5. The Bertz CT molecular complexity index is 511. The van der Waals surface area contributed by atoms with Crippen molar-refractivity contribution in [1.82, 2.24) is 4.90 Å². The number of nitrogens with zero attached hydrogens (tertiary/aromatic N) is 2. The van der Waals surface area contributed by atoms with Gasteiger partial charge in [0.1, 0.15) is 6.61 Å². The van der Waals surface area contributed by atoms with E-state index >= 15 is 0 Å². The normalized spacial score (nSPS) is 14.5. The second-order valence-electron chi connectivity index (χ2n) is 4.19. The fourth-order valence-electron chi connectivity index (χ4n) is 1.74. The molecule has 7 heteroatoms. The van der Waals surface area contributed by atoms with Crippen LogP contribution in [-0.2, 0) is 16.1 Å².